The molecule has 2 aromatic rings. The second-order valence-corrected chi connectivity index (χ2v) is 5.27. The average Bonchev–Trinajstić information content (AvgIpc) is 2.41. The highest BCUT2D eigenvalue weighted by atomic mass is 16.2. The third-order valence-electron chi connectivity index (χ3n) is 3.06. The SMILES string of the molecule is Cc1nc2ccccc2c(=O)n1CC(=O)NCC(C)C. The lowest BCUT2D eigenvalue weighted by atomic mass is 10.2. The number of aromatic nitrogens is 2. The molecule has 0 saturated heterocycles. The van der Waals surface area contributed by atoms with E-state index in [1.807, 2.05) is 19.9 Å². The Labute approximate surface area is 117 Å². The second kappa shape index (κ2) is 5.86. The number of nitrogens with zero attached hydrogens (tertiary/aromatic N) is 2. The molecule has 0 saturated carbocycles. The van der Waals surface area contributed by atoms with Gasteiger partial charge in [0.25, 0.3) is 5.56 Å². The number of para-hydroxylation sites is 1. The number of nitrogens with one attached hydrogen (secondary N) is 1. The Bertz CT molecular complexity index is 689. The molecule has 1 heterocycles. The van der Waals surface area contributed by atoms with Crippen molar-refractivity contribution in [3.8, 4) is 0 Å². The molecule has 0 atom stereocenters. The van der Waals surface area contributed by atoms with Crippen LogP contribution in [0.2, 0.25) is 0 Å². The molecule has 0 bridgehead atoms. The van der Waals surface area contributed by atoms with E-state index in [9.17, 15) is 9.59 Å². The molecule has 0 fully saturated rings. The molecule has 1 N–H and O–H groups in total. The quantitative estimate of drug-likeness (QED) is 0.917. The van der Waals surface area contributed by atoms with Crippen molar-refractivity contribution in [2.24, 2.45) is 5.92 Å². The Hall–Kier alpha value is -2.17. The molecule has 106 valence electrons. The minimum atomic E-state index is -0.173. The number of hydrogen-bond donors (Lipinski definition) is 1. The van der Waals surface area contributed by atoms with Gasteiger partial charge in [0.1, 0.15) is 12.4 Å². The Kier molecular flexibility index (Phi) is 4.17. The summed E-state index contributed by atoms with van der Waals surface area (Å²) in [7, 11) is 0. The highest BCUT2D eigenvalue weighted by Gasteiger charge is 2.11. The standard InChI is InChI=1S/C15H19N3O2/c1-10(2)8-16-14(19)9-18-11(3)17-13-7-5-4-6-12(13)15(18)20/h4-7,10H,8-9H2,1-3H3,(H,16,19). The van der Waals surface area contributed by atoms with Crippen molar-refractivity contribution in [3.63, 3.8) is 0 Å². The third-order valence-corrected chi connectivity index (χ3v) is 3.06. The van der Waals surface area contributed by atoms with Crippen LogP contribution in [-0.4, -0.2) is 22.0 Å². The largest absolute Gasteiger partial charge is 0.354 e. The molecule has 0 radical (unpaired) electrons. The Morgan fingerprint density at radius 1 is 1.35 bits per heavy atom. The molecule has 5 nitrogen and oxygen atoms in total. The summed E-state index contributed by atoms with van der Waals surface area (Å²) < 4.78 is 1.41. The summed E-state index contributed by atoms with van der Waals surface area (Å²) >= 11 is 0. The molecular weight excluding hydrogens is 254 g/mol. The number of rotatable bonds is 4. The smallest absolute Gasteiger partial charge is 0.261 e. The molecular formula is C15H19N3O2. The first-order valence-electron chi connectivity index (χ1n) is 6.72. The third kappa shape index (κ3) is 3.04. The zero-order valence-corrected chi connectivity index (χ0v) is 12.0. The zero-order chi connectivity index (χ0) is 14.7. The van der Waals surface area contributed by atoms with Crippen molar-refractivity contribution < 1.29 is 4.79 Å². The van der Waals surface area contributed by atoms with E-state index in [0.717, 1.165) is 0 Å². The molecule has 0 aliphatic carbocycles. The van der Waals surface area contributed by atoms with Crippen LogP contribution in [0.3, 0.4) is 0 Å². The molecule has 5 heteroatoms. The summed E-state index contributed by atoms with van der Waals surface area (Å²) in [5.74, 6) is 0.765. The maximum atomic E-state index is 12.4. The lowest BCUT2D eigenvalue weighted by Crippen LogP contribution is -2.35. The Morgan fingerprint density at radius 2 is 2.05 bits per heavy atom. The van der Waals surface area contributed by atoms with Crippen LogP contribution < -0.4 is 10.9 Å². The van der Waals surface area contributed by atoms with Gasteiger partial charge in [0.15, 0.2) is 0 Å². The number of aryl methyl sites for hydroxylation is 1. The van der Waals surface area contributed by atoms with Crippen molar-refractivity contribution in [1.82, 2.24) is 14.9 Å². The maximum absolute atomic E-state index is 12.4. The van der Waals surface area contributed by atoms with Crippen molar-refractivity contribution in [2.75, 3.05) is 6.54 Å². The van der Waals surface area contributed by atoms with Crippen molar-refractivity contribution in [3.05, 3.63) is 40.4 Å². The molecule has 0 unspecified atom stereocenters. The Balaban J connectivity index is 2.30. The predicted octanol–water partition coefficient (Wildman–Crippen LogP) is 1.48. The molecule has 2 rings (SSSR count). The minimum absolute atomic E-state index is 0.00915. The van der Waals surface area contributed by atoms with Gasteiger partial charge in [-0.2, -0.15) is 0 Å². The van der Waals surface area contributed by atoms with Gasteiger partial charge in [-0.3, -0.25) is 14.2 Å². The molecule has 1 amide bonds. The molecule has 1 aromatic heterocycles. The number of carbonyl (C=O) groups excluding carboxylic acids is 1. The van der Waals surface area contributed by atoms with Crippen molar-refractivity contribution >= 4 is 16.8 Å². The fourth-order valence-electron chi connectivity index (χ4n) is 1.98. The first-order chi connectivity index (χ1) is 9.49. The maximum Gasteiger partial charge on any atom is 0.261 e. The van der Waals surface area contributed by atoms with E-state index in [0.29, 0.717) is 29.2 Å². The fourth-order valence-corrected chi connectivity index (χ4v) is 1.98. The predicted molar refractivity (Wildman–Crippen MR) is 78.6 cm³/mol. The van der Waals surface area contributed by atoms with Crippen molar-refractivity contribution in [1.29, 1.82) is 0 Å². The van der Waals surface area contributed by atoms with Crippen LogP contribution in [0.25, 0.3) is 10.9 Å². The summed E-state index contributed by atoms with van der Waals surface area (Å²) in [4.78, 5) is 28.6. The number of benzene rings is 1. The van der Waals surface area contributed by atoms with Crippen LogP contribution in [0.1, 0.15) is 19.7 Å². The van der Waals surface area contributed by atoms with E-state index in [1.165, 1.54) is 4.57 Å². The van der Waals surface area contributed by atoms with Gasteiger partial charge in [-0.15, -0.1) is 0 Å². The van der Waals surface area contributed by atoms with Gasteiger partial charge < -0.3 is 5.32 Å². The summed E-state index contributed by atoms with van der Waals surface area (Å²) in [6.07, 6.45) is 0. The summed E-state index contributed by atoms with van der Waals surface area (Å²) in [5, 5.41) is 3.34. The van der Waals surface area contributed by atoms with E-state index >= 15 is 0 Å². The van der Waals surface area contributed by atoms with Crippen LogP contribution in [0.5, 0.6) is 0 Å². The lowest BCUT2D eigenvalue weighted by molar-refractivity contribution is -0.121. The molecule has 0 aliphatic heterocycles. The summed E-state index contributed by atoms with van der Waals surface area (Å²) in [5.41, 5.74) is 0.488. The Morgan fingerprint density at radius 3 is 2.75 bits per heavy atom. The molecule has 0 aliphatic rings. The van der Waals surface area contributed by atoms with Crippen LogP contribution in [0, 0.1) is 12.8 Å². The van der Waals surface area contributed by atoms with Gasteiger partial charge in [-0.25, -0.2) is 4.98 Å². The van der Waals surface area contributed by atoms with Gasteiger partial charge >= 0.3 is 0 Å². The normalized spacial score (nSPS) is 11.0. The first kappa shape index (κ1) is 14.2. The summed E-state index contributed by atoms with van der Waals surface area (Å²) in [6, 6.07) is 7.16. The molecule has 20 heavy (non-hydrogen) atoms. The number of amides is 1. The number of fused-ring (bicyclic) bond motifs is 1. The topological polar surface area (TPSA) is 64.0 Å². The van der Waals surface area contributed by atoms with E-state index in [1.54, 1.807) is 25.1 Å². The van der Waals surface area contributed by atoms with E-state index < -0.39 is 0 Å². The average molecular weight is 273 g/mol. The number of carbonyl (C=O) groups is 1. The van der Waals surface area contributed by atoms with Crippen molar-refractivity contribution in [2.45, 2.75) is 27.3 Å². The van der Waals surface area contributed by atoms with Crippen LogP contribution >= 0.6 is 0 Å². The number of hydrogen-bond acceptors (Lipinski definition) is 3. The molecule has 0 spiro atoms. The summed E-state index contributed by atoms with van der Waals surface area (Å²) in [6.45, 7) is 6.40. The zero-order valence-electron chi connectivity index (χ0n) is 12.0. The first-order valence-corrected chi connectivity index (χ1v) is 6.72. The van der Waals surface area contributed by atoms with Gasteiger partial charge in [0.2, 0.25) is 5.91 Å². The van der Waals surface area contributed by atoms with Crippen LogP contribution in [-0.2, 0) is 11.3 Å². The van der Waals surface area contributed by atoms with Gasteiger partial charge in [-0.1, -0.05) is 26.0 Å². The highest BCUT2D eigenvalue weighted by Crippen LogP contribution is 2.07. The van der Waals surface area contributed by atoms with E-state index in [-0.39, 0.29) is 18.0 Å². The fraction of sp³-hybridized carbons (Fsp3) is 0.400. The van der Waals surface area contributed by atoms with Gasteiger partial charge in [-0.05, 0) is 25.0 Å². The molecule has 1 aromatic carbocycles. The van der Waals surface area contributed by atoms with E-state index in [2.05, 4.69) is 10.3 Å². The lowest BCUT2D eigenvalue weighted by Gasteiger charge is -2.12. The minimum Gasteiger partial charge on any atom is -0.354 e. The monoisotopic (exact) mass is 273 g/mol. The van der Waals surface area contributed by atoms with Gasteiger partial charge in [0.05, 0.1) is 10.9 Å². The van der Waals surface area contributed by atoms with Gasteiger partial charge in [0, 0.05) is 6.54 Å². The van der Waals surface area contributed by atoms with Crippen LogP contribution in [0.15, 0.2) is 29.1 Å². The van der Waals surface area contributed by atoms with Crippen LogP contribution in [0.4, 0.5) is 0 Å². The van der Waals surface area contributed by atoms with E-state index in [4.69, 9.17) is 0 Å². The highest BCUT2D eigenvalue weighted by molar-refractivity contribution is 5.79. The second-order valence-electron chi connectivity index (χ2n) is 5.27.